The SMILES string of the molecule is CCC[C@H](C)N1CC2(CCN(C(=O)c3oc(C)nc3C)CC2)OC1=O. The van der Waals surface area contributed by atoms with Crippen molar-refractivity contribution < 1.29 is 18.7 Å². The molecule has 0 saturated carbocycles. The van der Waals surface area contributed by atoms with E-state index < -0.39 is 5.60 Å². The molecule has 3 heterocycles. The zero-order valence-electron chi connectivity index (χ0n) is 15.5. The number of piperidine rings is 1. The Morgan fingerprint density at radius 2 is 2.00 bits per heavy atom. The molecule has 3 rings (SSSR count). The molecule has 1 atom stereocenters. The fraction of sp³-hybridized carbons (Fsp3) is 0.722. The van der Waals surface area contributed by atoms with Crippen LogP contribution in [0.4, 0.5) is 4.79 Å². The Hall–Kier alpha value is -2.05. The number of oxazole rings is 1. The maximum atomic E-state index is 12.6. The molecule has 1 spiro atoms. The average Bonchev–Trinajstić information content (AvgIpc) is 3.07. The standard InChI is InChI=1S/C18H27N3O4/c1-5-6-12(2)21-11-18(25-17(21)23)7-9-20(10-8-18)16(22)15-13(3)19-14(4)24-15/h12H,5-11H2,1-4H3/t12-/m0/s1. The van der Waals surface area contributed by atoms with Crippen LogP contribution in [-0.2, 0) is 4.74 Å². The van der Waals surface area contributed by atoms with Crippen LogP contribution in [0, 0.1) is 13.8 Å². The van der Waals surface area contributed by atoms with E-state index in [1.165, 1.54) is 0 Å². The van der Waals surface area contributed by atoms with Gasteiger partial charge in [-0.15, -0.1) is 0 Å². The number of aryl methyl sites for hydroxylation is 2. The number of rotatable bonds is 4. The average molecular weight is 349 g/mol. The number of carbonyl (C=O) groups is 2. The predicted molar refractivity (Wildman–Crippen MR) is 91.4 cm³/mol. The summed E-state index contributed by atoms with van der Waals surface area (Å²) >= 11 is 0. The molecule has 0 aliphatic carbocycles. The molecule has 0 bridgehead atoms. The molecule has 1 aromatic rings. The highest BCUT2D eigenvalue weighted by atomic mass is 16.6. The summed E-state index contributed by atoms with van der Waals surface area (Å²) < 4.78 is 11.2. The van der Waals surface area contributed by atoms with Crippen molar-refractivity contribution in [2.24, 2.45) is 0 Å². The van der Waals surface area contributed by atoms with E-state index in [0.717, 1.165) is 12.8 Å². The van der Waals surface area contributed by atoms with Crippen molar-refractivity contribution in [1.29, 1.82) is 0 Å². The van der Waals surface area contributed by atoms with Gasteiger partial charge in [-0.1, -0.05) is 13.3 Å². The summed E-state index contributed by atoms with van der Waals surface area (Å²) in [5.74, 6) is 0.683. The Kier molecular flexibility index (Phi) is 4.75. The summed E-state index contributed by atoms with van der Waals surface area (Å²) in [6.45, 7) is 9.43. The Bertz CT molecular complexity index is 661. The molecule has 138 valence electrons. The lowest BCUT2D eigenvalue weighted by Gasteiger charge is -2.37. The molecular weight excluding hydrogens is 322 g/mol. The molecule has 0 radical (unpaired) electrons. The minimum absolute atomic E-state index is 0.131. The van der Waals surface area contributed by atoms with Crippen molar-refractivity contribution in [2.45, 2.75) is 65.0 Å². The van der Waals surface area contributed by atoms with Gasteiger partial charge in [-0.05, 0) is 20.3 Å². The van der Waals surface area contributed by atoms with Crippen LogP contribution in [0.15, 0.2) is 4.42 Å². The number of hydrogen-bond acceptors (Lipinski definition) is 5. The second kappa shape index (κ2) is 6.69. The van der Waals surface area contributed by atoms with E-state index >= 15 is 0 Å². The van der Waals surface area contributed by atoms with Crippen LogP contribution >= 0.6 is 0 Å². The fourth-order valence-corrected chi connectivity index (χ4v) is 3.81. The summed E-state index contributed by atoms with van der Waals surface area (Å²) in [4.78, 5) is 32.7. The third kappa shape index (κ3) is 3.37. The van der Waals surface area contributed by atoms with Gasteiger partial charge in [-0.25, -0.2) is 9.78 Å². The summed E-state index contributed by atoms with van der Waals surface area (Å²) in [6.07, 6.45) is 3.11. The number of likely N-dealkylation sites (tertiary alicyclic amines) is 1. The van der Waals surface area contributed by atoms with Gasteiger partial charge >= 0.3 is 6.09 Å². The first-order chi connectivity index (χ1) is 11.8. The molecule has 0 unspecified atom stereocenters. The van der Waals surface area contributed by atoms with Crippen LogP contribution in [0.1, 0.15) is 61.7 Å². The van der Waals surface area contributed by atoms with Crippen LogP contribution in [-0.4, -0.2) is 58.1 Å². The van der Waals surface area contributed by atoms with E-state index in [-0.39, 0.29) is 18.0 Å². The lowest BCUT2D eigenvalue weighted by Crippen LogP contribution is -2.49. The first-order valence-electron chi connectivity index (χ1n) is 9.08. The van der Waals surface area contributed by atoms with E-state index in [2.05, 4.69) is 18.8 Å². The van der Waals surface area contributed by atoms with Crippen molar-refractivity contribution in [2.75, 3.05) is 19.6 Å². The van der Waals surface area contributed by atoms with Crippen molar-refractivity contribution in [3.63, 3.8) is 0 Å². The van der Waals surface area contributed by atoms with Crippen molar-refractivity contribution in [3.05, 3.63) is 17.3 Å². The number of aromatic nitrogens is 1. The fourth-order valence-electron chi connectivity index (χ4n) is 3.81. The van der Waals surface area contributed by atoms with Crippen molar-refractivity contribution in [1.82, 2.24) is 14.8 Å². The topological polar surface area (TPSA) is 75.9 Å². The Morgan fingerprint density at radius 3 is 2.56 bits per heavy atom. The maximum absolute atomic E-state index is 12.6. The molecule has 2 amide bonds. The van der Waals surface area contributed by atoms with E-state index in [0.29, 0.717) is 49.8 Å². The molecule has 0 aromatic carbocycles. The highest BCUT2D eigenvalue weighted by Gasteiger charge is 2.48. The van der Waals surface area contributed by atoms with Crippen LogP contribution in [0.5, 0.6) is 0 Å². The van der Waals surface area contributed by atoms with E-state index in [1.54, 1.807) is 18.7 Å². The van der Waals surface area contributed by atoms with Gasteiger partial charge in [-0.2, -0.15) is 0 Å². The van der Waals surface area contributed by atoms with Crippen LogP contribution in [0.3, 0.4) is 0 Å². The number of carbonyl (C=O) groups excluding carboxylic acids is 2. The number of ether oxygens (including phenoxy) is 1. The second-order valence-corrected chi connectivity index (χ2v) is 7.26. The van der Waals surface area contributed by atoms with Gasteiger partial charge in [-0.3, -0.25) is 4.79 Å². The summed E-state index contributed by atoms with van der Waals surface area (Å²) in [6, 6.07) is 0.191. The Labute approximate surface area is 148 Å². The summed E-state index contributed by atoms with van der Waals surface area (Å²) in [5, 5.41) is 0. The zero-order valence-corrected chi connectivity index (χ0v) is 15.5. The van der Waals surface area contributed by atoms with E-state index in [4.69, 9.17) is 9.15 Å². The highest BCUT2D eigenvalue weighted by molar-refractivity contribution is 5.92. The number of nitrogens with zero attached hydrogens (tertiary/aromatic N) is 3. The lowest BCUT2D eigenvalue weighted by atomic mass is 9.90. The first-order valence-corrected chi connectivity index (χ1v) is 9.08. The molecule has 7 heteroatoms. The molecule has 2 fully saturated rings. The monoisotopic (exact) mass is 349 g/mol. The molecule has 7 nitrogen and oxygen atoms in total. The summed E-state index contributed by atoms with van der Waals surface area (Å²) in [5.41, 5.74) is 0.164. The third-order valence-electron chi connectivity index (χ3n) is 5.29. The van der Waals surface area contributed by atoms with Gasteiger partial charge in [0.05, 0.1) is 12.2 Å². The maximum Gasteiger partial charge on any atom is 0.410 e. The number of hydrogen-bond donors (Lipinski definition) is 0. The molecule has 0 N–H and O–H groups in total. The van der Waals surface area contributed by atoms with Gasteiger partial charge in [0, 0.05) is 38.9 Å². The van der Waals surface area contributed by atoms with Gasteiger partial charge in [0.25, 0.3) is 5.91 Å². The molecule has 2 aliphatic rings. The molecule has 1 aromatic heterocycles. The minimum Gasteiger partial charge on any atom is -0.441 e. The normalized spacial score (nSPS) is 20.9. The van der Waals surface area contributed by atoms with Crippen molar-refractivity contribution in [3.8, 4) is 0 Å². The van der Waals surface area contributed by atoms with Crippen LogP contribution in [0.2, 0.25) is 0 Å². The molecule has 2 saturated heterocycles. The Morgan fingerprint density at radius 1 is 1.32 bits per heavy atom. The lowest BCUT2D eigenvalue weighted by molar-refractivity contribution is 0.00214. The largest absolute Gasteiger partial charge is 0.441 e. The third-order valence-corrected chi connectivity index (χ3v) is 5.29. The summed E-state index contributed by atoms with van der Waals surface area (Å²) in [7, 11) is 0. The van der Waals surface area contributed by atoms with Gasteiger partial charge < -0.3 is 19.0 Å². The first kappa shape index (κ1) is 17.8. The second-order valence-electron chi connectivity index (χ2n) is 7.26. The molecule has 25 heavy (non-hydrogen) atoms. The predicted octanol–water partition coefficient (Wildman–Crippen LogP) is 2.91. The number of amides is 2. The smallest absolute Gasteiger partial charge is 0.410 e. The quantitative estimate of drug-likeness (QED) is 0.835. The highest BCUT2D eigenvalue weighted by Crippen LogP contribution is 2.35. The van der Waals surface area contributed by atoms with E-state index in [1.807, 2.05) is 4.90 Å². The molecular formula is C18H27N3O4. The van der Waals surface area contributed by atoms with Gasteiger partial charge in [0.2, 0.25) is 5.76 Å². The minimum atomic E-state index is -0.456. The van der Waals surface area contributed by atoms with Gasteiger partial charge in [0.1, 0.15) is 5.60 Å². The van der Waals surface area contributed by atoms with Crippen molar-refractivity contribution >= 4 is 12.0 Å². The Balaban J connectivity index is 1.63. The van der Waals surface area contributed by atoms with E-state index in [9.17, 15) is 9.59 Å². The van der Waals surface area contributed by atoms with Crippen LogP contribution < -0.4 is 0 Å². The molecule has 2 aliphatic heterocycles. The van der Waals surface area contributed by atoms with Crippen LogP contribution in [0.25, 0.3) is 0 Å². The zero-order chi connectivity index (χ0) is 18.2. The van der Waals surface area contributed by atoms with Gasteiger partial charge in [0.15, 0.2) is 5.89 Å².